The van der Waals surface area contributed by atoms with Crippen molar-refractivity contribution in [3.8, 4) is 11.5 Å². The molecule has 1 N–H and O–H groups in total. The molecular weight excluding hydrogens is 228 g/mol. The largest absolute Gasteiger partial charge is 0.490 e. The fourth-order valence-electron chi connectivity index (χ4n) is 2.68. The second-order valence-corrected chi connectivity index (χ2v) is 5.36. The molecule has 100 valence electrons. The predicted molar refractivity (Wildman–Crippen MR) is 71.4 cm³/mol. The maximum absolute atomic E-state index is 10.1. The Kier molecular flexibility index (Phi) is 3.53. The van der Waals surface area contributed by atoms with Gasteiger partial charge in [-0.05, 0) is 48.9 Å². The van der Waals surface area contributed by atoms with Gasteiger partial charge < -0.3 is 14.6 Å². The maximum atomic E-state index is 10.1. The zero-order chi connectivity index (χ0) is 13.3. The van der Waals surface area contributed by atoms with Crippen molar-refractivity contribution in [2.45, 2.75) is 45.6 Å². The molecule has 0 fully saturated rings. The van der Waals surface area contributed by atoms with Gasteiger partial charge in [0.1, 0.15) is 0 Å². The van der Waals surface area contributed by atoms with Crippen molar-refractivity contribution in [2.75, 3.05) is 13.2 Å². The van der Waals surface area contributed by atoms with Crippen LogP contribution < -0.4 is 9.47 Å². The van der Waals surface area contributed by atoms with Crippen molar-refractivity contribution in [1.29, 1.82) is 0 Å². The molecule has 1 aliphatic carbocycles. The van der Waals surface area contributed by atoms with Crippen LogP contribution in [0, 0.1) is 0 Å². The average molecular weight is 250 g/mol. The lowest BCUT2D eigenvalue weighted by Crippen LogP contribution is -2.12. The Morgan fingerprint density at radius 2 is 1.72 bits per heavy atom. The van der Waals surface area contributed by atoms with Gasteiger partial charge in [0.05, 0.1) is 19.3 Å². The summed E-state index contributed by atoms with van der Waals surface area (Å²) in [6.45, 7) is 9.42. The summed E-state index contributed by atoms with van der Waals surface area (Å²) < 4.78 is 11.2. The van der Waals surface area contributed by atoms with Crippen LogP contribution >= 0.6 is 0 Å². The van der Waals surface area contributed by atoms with Gasteiger partial charge in [-0.15, -0.1) is 0 Å². The van der Waals surface area contributed by atoms with E-state index in [1.807, 2.05) is 26.0 Å². The van der Waals surface area contributed by atoms with E-state index >= 15 is 0 Å². The molecule has 1 aromatic rings. The number of benzene rings is 1. The molecule has 0 amide bonds. The first-order chi connectivity index (χ1) is 8.49. The van der Waals surface area contributed by atoms with Crippen LogP contribution in [0.1, 0.15) is 51.3 Å². The summed E-state index contributed by atoms with van der Waals surface area (Å²) in [7, 11) is 0. The monoisotopic (exact) mass is 250 g/mol. The van der Waals surface area contributed by atoms with Gasteiger partial charge in [-0.2, -0.15) is 0 Å². The normalized spacial score (nSPS) is 20.6. The molecule has 0 aromatic heterocycles. The Morgan fingerprint density at radius 3 is 2.28 bits per heavy atom. The smallest absolute Gasteiger partial charge is 0.161 e. The number of hydrogen-bond acceptors (Lipinski definition) is 3. The Hall–Kier alpha value is -1.22. The lowest BCUT2D eigenvalue weighted by Gasteiger charge is -2.20. The summed E-state index contributed by atoms with van der Waals surface area (Å²) in [5.41, 5.74) is 2.14. The minimum Gasteiger partial charge on any atom is -0.490 e. The van der Waals surface area contributed by atoms with Crippen molar-refractivity contribution in [1.82, 2.24) is 0 Å². The van der Waals surface area contributed by atoms with Crippen LogP contribution in [0.15, 0.2) is 12.1 Å². The maximum Gasteiger partial charge on any atom is 0.161 e. The molecule has 0 aliphatic heterocycles. The fourth-order valence-corrected chi connectivity index (χ4v) is 2.68. The molecule has 3 nitrogen and oxygen atoms in total. The molecular formula is C15H22O3. The van der Waals surface area contributed by atoms with E-state index in [0.717, 1.165) is 23.5 Å². The number of rotatable bonds is 4. The van der Waals surface area contributed by atoms with Gasteiger partial charge in [0.15, 0.2) is 11.5 Å². The van der Waals surface area contributed by atoms with Crippen molar-refractivity contribution in [3.63, 3.8) is 0 Å². The highest BCUT2D eigenvalue weighted by Crippen LogP contribution is 2.48. The van der Waals surface area contributed by atoms with Crippen molar-refractivity contribution in [2.24, 2.45) is 0 Å². The van der Waals surface area contributed by atoms with Crippen LogP contribution in [0.3, 0.4) is 0 Å². The van der Waals surface area contributed by atoms with Crippen LogP contribution in [0.5, 0.6) is 11.5 Å². The lowest BCUT2D eigenvalue weighted by molar-refractivity contribution is 0.161. The summed E-state index contributed by atoms with van der Waals surface area (Å²) in [6.07, 6.45) is 0.355. The molecule has 0 unspecified atom stereocenters. The first-order valence-corrected chi connectivity index (χ1v) is 6.61. The van der Waals surface area contributed by atoms with E-state index in [1.165, 1.54) is 5.56 Å². The summed E-state index contributed by atoms with van der Waals surface area (Å²) in [6, 6.07) is 3.96. The van der Waals surface area contributed by atoms with Gasteiger partial charge in [0, 0.05) is 0 Å². The van der Waals surface area contributed by atoms with Crippen molar-refractivity contribution in [3.05, 3.63) is 23.3 Å². The summed E-state index contributed by atoms with van der Waals surface area (Å²) in [5, 5.41) is 10.1. The van der Waals surface area contributed by atoms with Gasteiger partial charge in [0.2, 0.25) is 0 Å². The number of fused-ring (bicyclic) bond motifs is 1. The Labute approximate surface area is 109 Å². The zero-order valence-corrected chi connectivity index (χ0v) is 11.6. The topological polar surface area (TPSA) is 38.7 Å². The highest BCUT2D eigenvalue weighted by atomic mass is 16.5. The molecule has 0 radical (unpaired) electrons. The molecule has 3 heteroatoms. The average Bonchev–Trinajstić information content (AvgIpc) is 2.51. The fraction of sp³-hybridized carbons (Fsp3) is 0.600. The van der Waals surface area contributed by atoms with Gasteiger partial charge in [-0.3, -0.25) is 0 Å². The van der Waals surface area contributed by atoms with Gasteiger partial charge in [-0.25, -0.2) is 0 Å². The van der Waals surface area contributed by atoms with Crippen LogP contribution in [0.2, 0.25) is 0 Å². The minimum absolute atomic E-state index is 0.00859. The summed E-state index contributed by atoms with van der Waals surface area (Å²) in [5.74, 6) is 1.51. The third kappa shape index (κ3) is 2.19. The first-order valence-electron chi connectivity index (χ1n) is 6.61. The molecule has 1 aliphatic rings. The molecule has 0 saturated heterocycles. The van der Waals surface area contributed by atoms with E-state index in [0.29, 0.717) is 13.2 Å². The molecule has 1 atom stereocenters. The molecule has 0 bridgehead atoms. The Bertz CT molecular complexity index is 438. The quantitative estimate of drug-likeness (QED) is 0.892. The Morgan fingerprint density at radius 1 is 1.17 bits per heavy atom. The van der Waals surface area contributed by atoms with Gasteiger partial charge in [0.25, 0.3) is 0 Å². The SMILES string of the molecule is CCOc1cc2c(cc1OCC)C(C)(C)C[C@H]2O. The van der Waals surface area contributed by atoms with E-state index in [-0.39, 0.29) is 5.41 Å². The van der Waals surface area contributed by atoms with E-state index in [9.17, 15) is 5.11 Å². The number of aliphatic hydroxyl groups is 1. The van der Waals surface area contributed by atoms with Crippen LogP contribution in [-0.4, -0.2) is 18.3 Å². The highest BCUT2D eigenvalue weighted by Gasteiger charge is 2.37. The van der Waals surface area contributed by atoms with Crippen LogP contribution in [0.25, 0.3) is 0 Å². The van der Waals surface area contributed by atoms with Gasteiger partial charge in [-0.1, -0.05) is 13.8 Å². The standard InChI is InChI=1S/C15H22O3/c1-5-17-13-7-10-11(8-14(13)18-6-2)15(3,4)9-12(10)16/h7-8,12,16H,5-6,9H2,1-4H3/t12-/m1/s1. The molecule has 0 saturated carbocycles. The highest BCUT2D eigenvalue weighted by molar-refractivity contribution is 5.52. The van der Waals surface area contributed by atoms with E-state index < -0.39 is 6.10 Å². The van der Waals surface area contributed by atoms with E-state index in [1.54, 1.807) is 0 Å². The summed E-state index contributed by atoms with van der Waals surface area (Å²) >= 11 is 0. The van der Waals surface area contributed by atoms with Gasteiger partial charge >= 0.3 is 0 Å². The minimum atomic E-state index is -0.398. The third-order valence-corrected chi connectivity index (χ3v) is 3.51. The van der Waals surface area contributed by atoms with Crippen LogP contribution in [0.4, 0.5) is 0 Å². The molecule has 2 rings (SSSR count). The second-order valence-electron chi connectivity index (χ2n) is 5.36. The summed E-state index contributed by atoms with van der Waals surface area (Å²) in [4.78, 5) is 0. The number of ether oxygens (including phenoxy) is 2. The molecule has 0 spiro atoms. The number of hydrogen-bond donors (Lipinski definition) is 1. The Balaban J connectivity index is 2.50. The third-order valence-electron chi connectivity index (χ3n) is 3.51. The number of aliphatic hydroxyl groups excluding tert-OH is 1. The molecule has 1 aromatic carbocycles. The van der Waals surface area contributed by atoms with Crippen molar-refractivity contribution >= 4 is 0 Å². The van der Waals surface area contributed by atoms with E-state index in [4.69, 9.17) is 9.47 Å². The predicted octanol–water partition coefficient (Wildman–Crippen LogP) is 3.20. The molecule has 18 heavy (non-hydrogen) atoms. The second kappa shape index (κ2) is 4.81. The van der Waals surface area contributed by atoms with Crippen LogP contribution in [-0.2, 0) is 5.41 Å². The lowest BCUT2D eigenvalue weighted by atomic mass is 9.86. The first kappa shape index (κ1) is 13.2. The molecule has 0 heterocycles. The van der Waals surface area contributed by atoms with Crippen molar-refractivity contribution < 1.29 is 14.6 Å². The van der Waals surface area contributed by atoms with E-state index in [2.05, 4.69) is 13.8 Å². The zero-order valence-electron chi connectivity index (χ0n) is 11.6.